The van der Waals surface area contributed by atoms with Gasteiger partial charge in [0.2, 0.25) is 0 Å². The number of nitrogens with zero attached hydrogens (tertiary/aromatic N) is 2. The Balaban J connectivity index is 1.73. The van der Waals surface area contributed by atoms with E-state index >= 15 is 0 Å². The summed E-state index contributed by atoms with van der Waals surface area (Å²) in [5.74, 6) is 1.61. The lowest BCUT2D eigenvalue weighted by Gasteiger charge is -2.18. The number of aliphatic imine (C=N–C) groups is 1. The number of ether oxygens (including phenoxy) is 1. The van der Waals surface area contributed by atoms with Crippen molar-refractivity contribution in [3.63, 3.8) is 0 Å². The number of halogens is 1. The SMILES string of the molecule is CN=C(NCCc1nc(C)c(C)s1)NCC(C)Oc1ccccc1Br. The summed E-state index contributed by atoms with van der Waals surface area (Å²) < 4.78 is 6.89. The van der Waals surface area contributed by atoms with Gasteiger partial charge in [-0.05, 0) is 48.8 Å². The molecule has 0 amide bonds. The fraction of sp³-hybridized carbons (Fsp3) is 0.444. The Morgan fingerprint density at radius 2 is 2.08 bits per heavy atom. The highest BCUT2D eigenvalue weighted by atomic mass is 79.9. The maximum absolute atomic E-state index is 5.93. The van der Waals surface area contributed by atoms with Crippen molar-refractivity contribution < 1.29 is 4.74 Å². The van der Waals surface area contributed by atoms with Crippen LogP contribution in [0.1, 0.15) is 22.5 Å². The summed E-state index contributed by atoms with van der Waals surface area (Å²) in [5, 5.41) is 7.77. The summed E-state index contributed by atoms with van der Waals surface area (Å²) in [6, 6.07) is 7.85. The zero-order valence-electron chi connectivity index (χ0n) is 15.1. The average Bonchev–Trinajstić information content (AvgIpc) is 2.91. The Labute approximate surface area is 162 Å². The minimum absolute atomic E-state index is 0.0153. The molecular formula is C18H25BrN4OS. The molecule has 0 aliphatic heterocycles. The minimum Gasteiger partial charge on any atom is -0.488 e. The van der Waals surface area contributed by atoms with Crippen LogP contribution >= 0.6 is 27.3 Å². The molecule has 1 aromatic carbocycles. The number of guanidine groups is 1. The summed E-state index contributed by atoms with van der Waals surface area (Å²) in [6.45, 7) is 7.65. The standard InChI is InChI=1S/C18H25BrN4OS/c1-12(24-16-8-6-5-7-15(16)19)11-22-18(20-4)21-10-9-17-23-13(2)14(3)25-17/h5-8,12H,9-11H2,1-4H3,(H2,20,21,22). The van der Waals surface area contributed by atoms with Crippen LogP contribution in [0.3, 0.4) is 0 Å². The van der Waals surface area contributed by atoms with Gasteiger partial charge in [-0.1, -0.05) is 12.1 Å². The molecule has 0 spiro atoms. The van der Waals surface area contributed by atoms with E-state index in [1.807, 2.05) is 31.2 Å². The predicted octanol–water partition coefficient (Wildman–Crippen LogP) is 3.70. The number of nitrogens with one attached hydrogen (secondary N) is 2. The summed E-state index contributed by atoms with van der Waals surface area (Å²) in [7, 11) is 1.77. The molecule has 5 nitrogen and oxygen atoms in total. The van der Waals surface area contributed by atoms with Gasteiger partial charge < -0.3 is 15.4 Å². The number of para-hydroxylation sites is 1. The van der Waals surface area contributed by atoms with Crippen molar-refractivity contribution in [1.82, 2.24) is 15.6 Å². The van der Waals surface area contributed by atoms with Gasteiger partial charge in [-0.3, -0.25) is 4.99 Å². The molecular weight excluding hydrogens is 400 g/mol. The van der Waals surface area contributed by atoms with E-state index in [1.54, 1.807) is 18.4 Å². The second-order valence-electron chi connectivity index (χ2n) is 5.74. The first-order valence-electron chi connectivity index (χ1n) is 8.28. The number of hydrogen-bond donors (Lipinski definition) is 2. The number of rotatable bonds is 7. The molecule has 1 unspecified atom stereocenters. The maximum Gasteiger partial charge on any atom is 0.191 e. The Morgan fingerprint density at radius 3 is 2.72 bits per heavy atom. The number of aromatic nitrogens is 1. The molecule has 1 atom stereocenters. The molecule has 0 aliphatic carbocycles. The van der Waals surface area contributed by atoms with Crippen molar-refractivity contribution >= 4 is 33.2 Å². The lowest BCUT2D eigenvalue weighted by Crippen LogP contribution is -2.42. The lowest BCUT2D eigenvalue weighted by molar-refractivity contribution is 0.222. The second kappa shape index (κ2) is 9.77. The molecule has 0 bridgehead atoms. The van der Waals surface area contributed by atoms with Crippen LogP contribution in [-0.2, 0) is 6.42 Å². The molecule has 0 saturated carbocycles. The van der Waals surface area contributed by atoms with Crippen molar-refractivity contribution in [1.29, 1.82) is 0 Å². The Morgan fingerprint density at radius 1 is 1.32 bits per heavy atom. The van der Waals surface area contributed by atoms with Gasteiger partial charge in [-0.15, -0.1) is 11.3 Å². The molecule has 1 heterocycles. The fourth-order valence-corrected chi connectivity index (χ4v) is 3.51. The van der Waals surface area contributed by atoms with Crippen molar-refractivity contribution in [2.75, 3.05) is 20.1 Å². The number of aryl methyl sites for hydroxylation is 2. The van der Waals surface area contributed by atoms with E-state index in [4.69, 9.17) is 4.74 Å². The predicted molar refractivity (Wildman–Crippen MR) is 109 cm³/mol. The zero-order chi connectivity index (χ0) is 18.2. The van der Waals surface area contributed by atoms with Crippen LogP contribution in [0.25, 0.3) is 0 Å². The van der Waals surface area contributed by atoms with Gasteiger partial charge in [-0.25, -0.2) is 4.98 Å². The van der Waals surface area contributed by atoms with Crippen LogP contribution in [0.4, 0.5) is 0 Å². The van der Waals surface area contributed by atoms with E-state index in [9.17, 15) is 0 Å². The number of benzene rings is 1. The first-order chi connectivity index (χ1) is 12.0. The summed E-state index contributed by atoms with van der Waals surface area (Å²) in [5.41, 5.74) is 1.13. The van der Waals surface area contributed by atoms with Crippen molar-refractivity contribution in [3.05, 3.63) is 44.3 Å². The van der Waals surface area contributed by atoms with Gasteiger partial charge in [0.15, 0.2) is 5.96 Å². The molecule has 2 aromatic rings. The summed E-state index contributed by atoms with van der Waals surface area (Å²) in [6.07, 6.45) is 0.907. The van der Waals surface area contributed by atoms with E-state index in [0.717, 1.165) is 39.8 Å². The van der Waals surface area contributed by atoms with Crippen LogP contribution in [0.2, 0.25) is 0 Å². The number of thiazole rings is 1. The van der Waals surface area contributed by atoms with Crippen molar-refractivity contribution in [3.8, 4) is 5.75 Å². The smallest absolute Gasteiger partial charge is 0.191 e. The Hall–Kier alpha value is -1.60. The zero-order valence-corrected chi connectivity index (χ0v) is 17.5. The monoisotopic (exact) mass is 424 g/mol. The Kier molecular flexibility index (Phi) is 7.71. The minimum atomic E-state index is 0.0153. The van der Waals surface area contributed by atoms with Gasteiger partial charge in [0, 0.05) is 24.9 Å². The van der Waals surface area contributed by atoms with Gasteiger partial charge in [0.05, 0.1) is 21.7 Å². The topological polar surface area (TPSA) is 58.5 Å². The highest BCUT2D eigenvalue weighted by Gasteiger charge is 2.08. The average molecular weight is 425 g/mol. The molecule has 2 N–H and O–H groups in total. The van der Waals surface area contributed by atoms with Gasteiger partial charge >= 0.3 is 0 Å². The van der Waals surface area contributed by atoms with Crippen molar-refractivity contribution in [2.24, 2.45) is 4.99 Å². The molecule has 0 radical (unpaired) electrons. The summed E-state index contributed by atoms with van der Waals surface area (Å²) >= 11 is 5.25. The molecule has 0 fully saturated rings. The van der Waals surface area contributed by atoms with Crippen LogP contribution in [0.15, 0.2) is 33.7 Å². The molecule has 136 valence electrons. The fourth-order valence-electron chi connectivity index (χ4n) is 2.19. The van der Waals surface area contributed by atoms with Gasteiger partial charge in [0.25, 0.3) is 0 Å². The van der Waals surface area contributed by atoms with Gasteiger partial charge in [0.1, 0.15) is 11.9 Å². The lowest BCUT2D eigenvalue weighted by atomic mass is 10.3. The highest BCUT2D eigenvalue weighted by Crippen LogP contribution is 2.24. The van der Waals surface area contributed by atoms with E-state index in [1.165, 1.54) is 4.88 Å². The van der Waals surface area contributed by atoms with E-state index in [2.05, 4.69) is 50.4 Å². The summed E-state index contributed by atoms with van der Waals surface area (Å²) in [4.78, 5) is 10.1. The molecule has 0 aliphatic rings. The van der Waals surface area contributed by atoms with E-state index in [-0.39, 0.29) is 6.10 Å². The highest BCUT2D eigenvalue weighted by molar-refractivity contribution is 9.10. The Bertz CT molecular complexity index is 697. The molecule has 0 saturated heterocycles. The maximum atomic E-state index is 5.93. The third-order valence-electron chi connectivity index (χ3n) is 3.65. The van der Waals surface area contributed by atoms with Crippen LogP contribution in [0, 0.1) is 13.8 Å². The number of hydrogen-bond acceptors (Lipinski definition) is 4. The van der Waals surface area contributed by atoms with Crippen molar-refractivity contribution in [2.45, 2.75) is 33.3 Å². The molecule has 7 heteroatoms. The molecule has 2 rings (SSSR count). The quantitative estimate of drug-likeness (QED) is 0.525. The molecule has 1 aromatic heterocycles. The van der Waals surface area contributed by atoms with Gasteiger partial charge in [-0.2, -0.15) is 0 Å². The van der Waals surface area contributed by atoms with E-state index < -0.39 is 0 Å². The van der Waals surface area contributed by atoms with Crippen LogP contribution in [0.5, 0.6) is 5.75 Å². The molecule has 25 heavy (non-hydrogen) atoms. The van der Waals surface area contributed by atoms with Crippen LogP contribution in [-0.4, -0.2) is 37.2 Å². The first-order valence-corrected chi connectivity index (χ1v) is 9.89. The van der Waals surface area contributed by atoms with E-state index in [0.29, 0.717) is 6.54 Å². The largest absolute Gasteiger partial charge is 0.488 e. The second-order valence-corrected chi connectivity index (χ2v) is 7.88. The third-order valence-corrected chi connectivity index (χ3v) is 5.44. The normalized spacial score (nSPS) is 12.8. The first kappa shape index (κ1) is 19.7. The van der Waals surface area contributed by atoms with Crippen LogP contribution < -0.4 is 15.4 Å². The third kappa shape index (κ3) is 6.32.